The molecule has 2 N–H and O–H groups in total. The van der Waals surface area contributed by atoms with Crippen LogP contribution in [0, 0.1) is 11.6 Å². The largest absolute Gasteiger partial charge is 0.491 e. The summed E-state index contributed by atoms with van der Waals surface area (Å²) in [6, 6.07) is 9.08. The molecule has 9 heteroatoms. The van der Waals surface area contributed by atoms with Gasteiger partial charge in [0.2, 0.25) is 0 Å². The predicted octanol–water partition coefficient (Wildman–Crippen LogP) is 4.06. The Hall–Kier alpha value is -2.91. The normalized spacial score (nSPS) is 15.8. The lowest BCUT2D eigenvalue weighted by Crippen LogP contribution is -2.25. The molecule has 0 bridgehead atoms. The summed E-state index contributed by atoms with van der Waals surface area (Å²) in [7, 11) is 0. The third kappa shape index (κ3) is 6.05. The van der Waals surface area contributed by atoms with Gasteiger partial charge in [0.05, 0.1) is 4.91 Å². The lowest BCUT2D eigenvalue weighted by Gasteiger charge is -2.16. The maximum atomic E-state index is 14.0. The minimum atomic E-state index is -0.992. The molecule has 3 rings (SSSR count). The van der Waals surface area contributed by atoms with E-state index in [0.29, 0.717) is 29.1 Å². The van der Waals surface area contributed by atoms with Crippen molar-refractivity contribution in [1.29, 1.82) is 0 Å². The van der Waals surface area contributed by atoms with Crippen LogP contribution in [0.1, 0.15) is 24.5 Å². The number of thioether (sulfide) groups is 1. The SMILES string of the molecule is CCCc1c(OC[C@@H](O)COc2ccc(C=C3SC(=O)NC3=O)cc2)ccc(F)c1F. The van der Waals surface area contributed by atoms with Crippen LogP contribution >= 0.6 is 11.8 Å². The molecule has 0 spiro atoms. The molecule has 0 saturated carbocycles. The summed E-state index contributed by atoms with van der Waals surface area (Å²) in [5.74, 6) is -1.61. The Morgan fingerprint density at radius 1 is 1.10 bits per heavy atom. The van der Waals surface area contributed by atoms with Crippen LogP contribution in [-0.4, -0.2) is 35.6 Å². The number of hydrogen-bond acceptors (Lipinski definition) is 6. The first-order valence-electron chi connectivity index (χ1n) is 9.62. The minimum absolute atomic E-state index is 0.0695. The Morgan fingerprint density at radius 2 is 1.81 bits per heavy atom. The van der Waals surface area contributed by atoms with Gasteiger partial charge in [0.1, 0.15) is 30.8 Å². The number of imide groups is 1. The number of aliphatic hydroxyl groups excluding tert-OH is 1. The molecule has 2 amide bonds. The van der Waals surface area contributed by atoms with Gasteiger partial charge in [0.25, 0.3) is 11.1 Å². The fraction of sp³-hybridized carbons (Fsp3) is 0.273. The number of hydrogen-bond donors (Lipinski definition) is 2. The van der Waals surface area contributed by atoms with Crippen molar-refractivity contribution in [3.8, 4) is 11.5 Å². The summed E-state index contributed by atoms with van der Waals surface area (Å²) >= 11 is 0.835. The number of carbonyl (C=O) groups is 2. The summed E-state index contributed by atoms with van der Waals surface area (Å²) in [4.78, 5) is 23.1. The van der Waals surface area contributed by atoms with Gasteiger partial charge >= 0.3 is 0 Å². The topological polar surface area (TPSA) is 84.9 Å². The van der Waals surface area contributed by atoms with Gasteiger partial charge in [-0.2, -0.15) is 0 Å². The minimum Gasteiger partial charge on any atom is -0.491 e. The standard InChI is InChI=1S/C22H21F2NO5S/c1-2-3-16-18(9-8-17(23)20(16)24)30-12-14(26)11-29-15-6-4-13(5-7-15)10-19-21(27)25-22(28)31-19/h4-10,14,26H,2-3,11-12H2,1H3,(H,25,27,28)/t14-/m0/s1. The molecule has 6 nitrogen and oxygen atoms in total. The molecule has 1 aliphatic rings. The van der Waals surface area contributed by atoms with E-state index in [-0.39, 0.29) is 24.5 Å². The fourth-order valence-corrected chi connectivity index (χ4v) is 3.53. The van der Waals surface area contributed by atoms with E-state index in [1.807, 2.05) is 6.92 Å². The molecule has 1 aliphatic heterocycles. The highest BCUT2D eigenvalue weighted by Crippen LogP contribution is 2.27. The molecule has 1 saturated heterocycles. The zero-order chi connectivity index (χ0) is 22.4. The van der Waals surface area contributed by atoms with Crippen molar-refractivity contribution in [2.24, 2.45) is 0 Å². The number of ether oxygens (including phenoxy) is 2. The van der Waals surface area contributed by atoms with Gasteiger partial charge in [-0.15, -0.1) is 0 Å². The maximum absolute atomic E-state index is 14.0. The van der Waals surface area contributed by atoms with Gasteiger partial charge < -0.3 is 14.6 Å². The van der Waals surface area contributed by atoms with Gasteiger partial charge in [-0.3, -0.25) is 14.9 Å². The van der Waals surface area contributed by atoms with Crippen LogP contribution in [0.4, 0.5) is 13.6 Å². The van der Waals surface area contributed by atoms with Crippen LogP contribution in [0.5, 0.6) is 11.5 Å². The van der Waals surface area contributed by atoms with E-state index in [1.54, 1.807) is 30.3 Å². The Labute approximate surface area is 182 Å². The van der Waals surface area contributed by atoms with Crippen LogP contribution in [0.3, 0.4) is 0 Å². The Kier molecular flexibility index (Phi) is 7.64. The highest BCUT2D eigenvalue weighted by molar-refractivity contribution is 8.18. The fourth-order valence-electron chi connectivity index (χ4n) is 2.85. The average Bonchev–Trinajstić information content (AvgIpc) is 3.07. The van der Waals surface area contributed by atoms with Gasteiger partial charge in [-0.25, -0.2) is 8.78 Å². The molecular weight excluding hydrogens is 428 g/mol. The lowest BCUT2D eigenvalue weighted by atomic mass is 10.1. The van der Waals surface area contributed by atoms with Gasteiger partial charge in [0.15, 0.2) is 11.6 Å². The third-order valence-electron chi connectivity index (χ3n) is 4.35. The number of benzene rings is 2. The molecule has 0 radical (unpaired) electrons. The number of nitrogens with one attached hydrogen (secondary N) is 1. The first kappa shape index (κ1) is 22.8. The van der Waals surface area contributed by atoms with Crippen molar-refractivity contribution >= 4 is 29.0 Å². The van der Waals surface area contributed by atoms with Crippen molar-refractivity contribution in [1.82, 2.24) is 5.32 Å². The number of amides is 2. The third-order valence-corrected chi connectivity index (χ3v) is 5.16. The molecule has 1 fully saturated rings. The monoisotopic (exact) mass is 449 g/mol. The highest BCUT2D eigenvalue weighted by atomic mass is 32.2. The predicted molar refractivity (Wildman–Crippen MR) is 113 cm³/mol. The molecule has 164 valence electrons. The molecule has 31 heavy (non-hydrogen) atoms. The molecule has 0 unspecified atom stereocenters. The number of carbonyl (C=O) groups excluding carboxylic acids is 2. The smallest absolute Gasteiger partial charge is 0.290 e. The van der Waals surface area contributed by atoms with Crippen molar-refractivity contribution in [3.05, 3.63) is 64.1 Å². The molecule has 1 heterocycles. The van der Waals surface area contributed by atoms with Crippen LogP contribution in [-0.2, 0) is 11.2 Å². The molecule has 0 aliphatic carbocycles. The average molecular weight is 449 g/mol. The van der Waals surface area contributed by atoms with Crippen molar-refractivity contribution in [2.75, 3.05) is 13.2 Å². The Balaban J connectivity index is 1.52. The van der Waals surface area contributed by atoms with E-state index in [2.05, 4.69) is 5.32 Å². The first-order valence-corrected chi connectivity index (χ1v) is 10.4. The summed E-state index contributed by atoms with van der Waals surface area (Å²) in [5.41, 5.74) is 0.863. The number of aliphatic hydroxyl groups is 1. The van der Waals surface area contributed by atoms with Gasteiger partial charge in [0, 0.05) is 5.56 Å². The van der Waals surface area contributed by atoms with Crippen LogP contribution < -0.4 is 14.8 Å². The molecule has 0 aromatic heterocycles. The maximum Gasteiger partial charge on any atom is 0.290 e. The quantitative estimate of drug-likeness (QED) is 0.562. The Morgan fingerprint density at radius 3 is 2.45 bits per heavy atom. The van der Waals surface area contributed by atoms with E-state index in [0.717, 1.165) is 17.8 Å². The summed E-state index contributed by atoms with van der Waals surface area (Å²) in [6.45, 7) is 1.63. The molecule has 1 atom stereocenters. The van der Waals surface area contributed by atoms with Crippen LogP contribution in [0.25, 0.3) is 6.08 Å². The molecular formula is C22H21F2NO5S. The van der Waals surface area contributed by atoms with Crippen molar-refractivity contribution in [3.63, 3.8) is 0 Å². The summed E-state index contributed by atoms with van der Waals surface area (Å²) in [5, 5.41) is 11.9. The van der Waals surface area contributed by atoms with E-state index < -0.39 is 28.9 Å². The second-order valence-corrected chi connectivity index (χ2v) is 7.80. The summed E-state index contributed by atoms with van der Waals surface area (Å²) in [6.07, 6.45) is 1.54. The van der Waals surface area contributed by atoms with E-state index in [4.69, 9.17) is 9.47 Å². The zero-order valence-corrected chi connectivity index (χ0v) is 17.5. The van der Waals surface area contributed by atoms with Crippen LogP contribution in [0.15, 0.2) is 41.3 Å². The Bertz CT molecular complexity index is 994. The van der Waals surface area contributed by atoms with E-state index in [9.17, 15) is 23.5 Å². The van der Waals surface area contributed by atoms with E-state index in [1.165, 1.54) is 6.07 Å². The van der Waals surface area contributed by atoms with Gasteiger partial charge in [-0.1, -0.05) is 25.5 Å². The molecule has 2 aromatic carbocycles. The first-order chi connectivity index (χ1) is 14.9. The second-order valence-electron chi connectivity index (χ2n) is 6.79. The van der Waals surface area contributed by atoms with E-state index >= 15 is 0 Å². The number of rotatable bonds is 9. The lowest BCUT2D eigenvalue weighted by molar-refractivity contribution is -0.115. The molecule has 2 aromatic rings. The van der Waals surface area contributed by atoms with Crippen LogP contribution in [0.2, 0.25) is 0 Å². The van der Waals surface area contributed by atoms with Crippen molar-refractivity contribution in [2.45, 2.75) is 25.9 Å². The highest BCUT2D eigenvalue weighted by Gasteiger charge is 2.24. The van der Waals surface area contributed by atoms with Gasteiger partial charge in [-0.05, 0) is 54.1 Å². The second kappa shape index (κ2) is 10.4. The summed E-state index contributed by atoms with van der Waals surface area (Å²) < 4.78 is 38.4. The zero-order valence-electron chi connectivity index (χ0n) is 16.7. The number of halogens is 2. The van der Waals surface area contributed by atoms with Crippen molar-refractivity contribution < 1.29 is 33.0 Å².